The molecular formula is C15H19BrN2O2. The quantitative estimate of drug-likeness (QED) is 0.896. The number of nitriles is 1. The zero-order valence-corrected chi connectivity index (χ0v) is 13.7. The van der Waals surface area contributed by atoms with Crippen molar-refractivity contribution in [3.8, 4) is 11.8 Å². The van der Waals surface area contributed by atoms with Crippen LogP contribution in [0.15, 0.2) is 22.7 Å². The Bertz CT molecular complexity index is 537. The van der Waals surface area contributed by atoms with Crippen LogP contribution in [-0.2, 0) is 4.79 Å². The van der Waals surface area contributed by atoms with Gasteiger partial charge in [-0.1, -0.05) is 19.9 Å². The lowest BCUT2D eigenvalue weighted by Gasteiger charge is -2.27. The molecule has 0 spiro atoms. The molecule has 0 aromatic heterocycles. The number of hydrogen-bond acceptors (Lipinski definition) is 3. The van der Waals surface area contributed by atoms with Crippen LogP contribution in [0.5, 0.6) is 5.75 Å². The minimum atomic E-state index is -0.884. The monoisotopic (exact) mass is 338 g/mol. The molecule has 1 rings (SSSR count). The van der Waals surface area contributed by atoms with Gasteiger partial charge in [0.15, 0.2) is 6.61 Å². The molecule has 108 valence electrons. The van der Waals surface area contributed by atoms with Crippen LogP contribution in [0.1, 0.15) is 26.3 Å². The van der Waals surface area contributed by atoms with Crippen molar-refractivity contribution in [1.29, 1.82) is 5.26 Å². The van der Waals surface area contributed by atoms with Gasteiger partial charge in [0.05, 0.1) is 10.5 Å². The highest BCUT2D eigenvalue weighted by Crippen LogP contribution is 2.25. The molecule has 0 bridgehead atoms. The van der Waals surface area contributed by atoms with E-state index in [9.17, 15) is 4.79 Å². The average Bonchev–Trinajstić information content (AvgIpc) is 2.37. The van der Waals surface area contributed by atoms with Gasteiger partial charge in [0.1, 0.15) is 11.3 Å². The van der Waals surface area contributed by atoms with Crippen molar-refractivity contribution < 1.29 is 9.53 Å². The molecule has 1 amide bonds. The van der Waals surface area contributed by atoms with Gasteiger partial charge in [-0.25, -0.2) is 0 Å². The Kier molecular flexibility index (Phi) is 5.58. The molecule has 0 fully saturated rings. The number of nitrogens with one attached hydrogen (secondary N) is 1. The van der Waals surface area contributed by atoms with Crippen LogP contribution in [-0.4, -0.2) is 18.1 Å². The minimum absolute atomic E-state index is 0.0163. The lowest BCUT2D eigenvalue weighted by Crippen LogP contribution is -2.50. The maximum atomic E-state index is 11.9. The summed E-state index contributed by atoms with van der Waals surface area (Å²) in [5, 5.41) is 11.9. The van der Waals surface area contributed by atoms with Gasteiger partial charge < -0.3 is 10.1 Å². The molecule has 0 saturated heterocycles. The van der Waals surface area contributed by atoms with Crippen LogP contribution in [0.2, 0.25) is 0 Å². The molecule has 0 aliphatic rings. The second-order valence-corrected chi connectivity index (χ2v) is 6.09. The topological polar surface area (TPSA) is 62.1 Å². The third-order valence-corrected chi connectivity index (χ3v) is 3.85. The highest BCUT2D eigenvalue weighted by atomic mass is 79.9. The molecule has 1 N–H and O–H groups in total. The van der Waals surface area contributed by atoms with Gasteiger partial charge >= 0.3 is 0 Å². The van der Waals surface area contributed by atoms with Crippen LogP contribution in [0.25, 0.3) is 0 Å². The lowest BCUT2D eigenvalue weighted by atomic mass is 9.90. The molecule has 0 heterocycles. The number of hydrogen-bond donors (Lipinski definition) is 1. The molecule has 20 heavy (non-hydrogen) atoms. The summed E-state index contributed by atoms with van der Waals surface area (Å²) in [5.41, 5.74) is 0.218. The van der Waals surface area contributed by atoms with Crippen LogP contribution >= 0.6 is 15.9 Å². The summed E-state index contributed by atoms with van der Waals surface area (Å²) >= 11 is 3.39. The van der Waals surface area contributed by atoms with Crippen molar-refractivity contribution >= 4 is 21.8 Å². The Morgan fingerprint density at radius 3 is 2.70 bits per heavy atom. The summed E-state index contributed by atoms with van der Waals surface area (Å²) < 4.78 is 6.26. The largest absolute Gasteiger partial charge is 0.483 e. The summed E-state index contributed by atoms with van der Waals surface area (Å²) in [6.45, 7) is 7.34. The first-order chi connectivity index (χ1) is 9.28. The van der Waals surface area contributed by atoms with E-state index >= 15 is 0 Å². The Balaban J connectivity index is 2.62. The van der Waals surface area contributed by atoms with Gasteiger partial charge in [-0.15, -0.1) is 0 Å². The van der Waals surface area contributed by atoms with E-state index in [0.717, 1.165) is 10.0 Å². The van der Waals surface area contributed by atoms with Crippen LogP contribution in [0, 0.1) is 24.2 Å². The van der Waals surface area contributed by atoms with Crippen LogP contribution < -0.4 is 10.1 Å². The van der Waals surface area contributed by atoms with E-state index < -0.39 is 5.54 Å². The summed E-state index contributed by atoms with van der Waals surface area (Å²) in [5.74, 6) is 0.312. The normalized spacial score (nSPS) is 13.4. The number of carbonyl (C=O) groups is 1. The van der Waals surface area contributed by atoms with Gasteiger partial charge in [-0.2, -0.15) is 5.26 Å². The Morgan fingerprint density at radius 2 is 2.20 bits per heavy atom. The number of halogens is 1. The molecular weight excluding hydrogens is 320 g/mol. The van der Waals surface area contributed by atoms with Crippen molar-refractivity contribution in [2.24, 2.45) is 5.92 Å². The number of nitrogens with zero attached hydrogens (tertiary/aromatic N) is 1. The molecule has 1 atom stereocenters. The number of rotatable bonds is 5. The van der Waals surface area contributed by atoms with E-state index in [1.165, 1.54) is 0 Å². The summed E-state index contributed by atoms with van der Waals surface area (Å²) in [6.07, 6.45) is 0. The second kappa shape index (κ2) is 6.76. The van der Waals surface area contributed by atoms with Gasteiger partial charge in [0.2, 0.25) is 0 Å². The molecule has 1 aromatic rings. The fourth-order valence-electron chi connectivity index (χ4n) is 1.49. The van der Waals surface area contributed by atoms with Crippen molar-refractivity contribution in [1.82, 2.24) is 5.32 Å². The van der Waals surface area contributed by atoms with Crippen molar-refractivity contribution in [2.45, 2.75) is 33.2 Å². The first kappa shape index (κ1) is 16.5. The molecule has 0 radical (unpaired) electrons. The molecule has 1 aromatic carbocycles. The van der Waals surface area contributed by atoms with Crippen molar-refractivity contribution in [3.63, 3.8) is 0 Å². The molecule has 0 aliphatic carbocycles. The predicted octanol–water partition coefficient (Wildman–Crippen LogP) is 3.19. The van der Waals surface area contributed by atoms with Gasteiger partial charge in [0.25, 0.3) is 5.91 Å². The van der Waals surface area contributed by atoms with E-state index in [4.69, 9.17) is 10.00 Å². The van der Waals surface area contributed by atoms with Gasteiger partial charge in [-0.3, -0.25) is 4.79 Å². The minimum Gasteiger partial charge on any atom is -0.483 e. The third-order valence-electron chi connectivity index (χ3n) is 3.23. The second-order valence-electron chi connectivity index (χ2n) is 5.24. The molecule has 5 heteroatoms. The fourth-order valence-corrected chi connectivity index (χ4v) is 2.10. The van der Waals surface area contributed by atoms with Crippen molar-refractivity contribution in [3.05, 3.63) is 28.2 Å². The number of carbonyl (C=O) groups excluding carboxylic acids is 1. The first-order valence-corrected chi connectivity index (χ1v) is 7.19. The molecule has 4 nitrogen and oxygen atoms in total. The first-order valence-electron chi connectivity index (χ1n) is 6.39. The maximum absolute atomic E-state index is 11.9. The Labute approximate surface area is 128 Å². The van der Waals surface area contributed by atoms with Gasteiger partial charge in [-0.05, 0) is 53.4 Å². The molecule has 0 saturated carbocycles. The standard InChI is InChI=1S/C15H19BrN2O2/c1-10(2)15(4,9-17)18-14(19)8-20-13-6-5-11(3)7-12(13)16/h5-7,10H,8H2,1-4H3,(H,18,19)/t15-/m1/s1. The smallest absolute Gasteiger partial charge is 0.259 e. The van der Waals surface area contributed by atoms with E-state index in [2.05, 4.69) is 27.3 Å². The van der Waals surface area contributed by atoms with E-state index in [1.54, 1.807) is 13.0 Å². The number of benzene rings is 1. The van der Waals surface area contributed by atoms with Crippen LogP contribution in [0.3, 0.4) is 0 Å². The van der Waals surface area contributed by atoms with Gasteiger partial charge in [0, 0.05) is 0 Å². The van der Waals surface area contributed by atoms with Crippen molar-refractivity contribution in [2.75, 3.05) is 6.61 Å². The fraction of sp³-hybridized carbons (Fsp3) is 0.467. The predicted molar refractivity (Wildman–Crippen MR) is 81.4 cm³/mol. The third kappa shape index (κ3) is 4.24. The summed E-state index contributed by atoms with van der Waals surface area (Å²) in [7, 11) is 0. The van der Waals surface area contributed by atoms with E-state index in [0.29, 0.717) is 5.75 Å². The summed E-state index contributed by atoms with van der Waals surface area (Å²) in [6, 6.07) is 7.76. The maximum Gasteiger partial charge on any atom is 0.259 e. The van der Waals surface area contributed by atoms with Crippen LogP contribution in [0.4, 0.5) is 0 Å². The Hall–Kier alpha value is -1.54. The highest BCUT2D eigenvalue weighted by Gasteiger charge is 2.30. The SMILES string of the molecule is Cc1ccc(OCC(=O)N[C@](C)(C#N)C(C)C)c(Br)c1. The molecule has 0 aliphatic heterocycles. The lowest BCUT2D eigenvalue weighted by molar-refractivity contribution is -0.124. The molecule has 0 unspecified atom stereocenters. The Morgan fingerprint density at radius 1 is 1.55 bits per heavy atom. The summed E-state index contributed by atoms with van der Waals surface area (Å²) in [4.78, 5) is 11.9. The van der Waals surface area contributed by atoms with E-state index in [1.807, 2.05) is 32.9 Å². The average molecular weight is 339 g/mol. The number of aryl methyl sites for hydroxylation is 1. The highest BCUT2D eigenvalue weighted by molar-refractivity contribution is 9.10. The number of ether oxygens (including phenoxy) is 1. The van der Waals surface area contributed by atoms with E-state index in [-0.39, 0.29) is 18.4 Å². The number of amides is 1. The zero-order valence-electron chi connectivity index (χ0n) is 12.2. The zero-order chi connectivity index (χ0) is 15.3.